The average molecular weight is 367 g/mol. The third kappa shape index (κ3) is 4.31. The Kier molecular flexibility index (Phi) is 5.95. The smallest absolute Gasteiger partial charge is 0.223 e. The van der Waals surface area contributed by atoms with Crippen LogP contribution in [-0.2, 0) is 7.05 Å². The lowest BCUT2D eigenvalue weighted by molar-refractivity contribution is -0.672. The van der Waals surface area contributed by atoms with Crippen molar-refractivity contribution in [1.82, 2.24) is 0 Å². The van der Waals surface area contributed by atoms with Crippen LogP contribution in [0.25, 0.3) is 0 Å². The first-order chi connectivity index (χ1) is 8.66. The fourth-order valence-electron chi connectivity index (χ4n) is 1.65. The molecule has 0 atom stereocenters. The van der Waals surface area contributed by atoms with Crippen LogP contribution in [0.4, 0.5) is 11.4 Å². The van der Waals surface area contributed by atoms with Crippen molar-refractivity contribution in [2.75, 3.05) is 19.0 Å². The summed E-state index contributed by atoms with van der Waals surface area (Å²) in [5.74, 6) is 0. The van der Waals surface area contributed by atoms with Crippen molar-refractivity contribution in [3.8, 4) is 0 Å². The number of anilines is 1. The molecule has 4 heteroatoms. The normalized spacial score (nSPS) is 10.3. The molecule has 0 spiro atoms. The summed E-state index contributed by atoms with van der Waals surface area (Å²) in [6.45, 7) is 0. The van der Waals surface area contributed by atoms with Gasteiger partial charge in [0.2, 0.25) is 5.69 Å². The summed E-state index contributed by atoms with van der Waals surface area (Å²) in [4.78, 5) is 6.55. The van der Waals surface area contributed by atoms with Gasteiger partial charge in [-0.15, -0.1) is 0 Å². The van der Waals surface area contributed by atoms with E-state index in [-0.39, 0.29) is 24.0 Å². The first-order valence-corrected chi connectivity index (χ1v) is 5.93. The van der Waals surface area contributed by atoms with Gasteiger partial charge in [-0.25, -0.2) is 9.56 Å². The first-order valence-electron chi connectivity index (χ1n) is 5.93. The second-order valence-corrected chi connectivity index (χ2v) is 4.41. The second kappa shape index (κ2) is 7.23. The fourth-order valence-corrected chi connectivity index (χ4v) is 1.65. The van der Waals surface area contributed by atoms with Gasteiger partial charge in [0.05, 0.1) is 11.9 Å². The number of hydrogen-bond acceptors (Lipinski definition) is 2. The fraction of sp³-hybridized carbons (Fsp3) is 0.200. The third-order valence-electron chi connectivity index (χ3n) is 2.81. The van der Waals surface area contributed by atoms with Crippen LogP contribution in [0.1, 0.15) is 5.69 Å². The standard InChI is InChI=1S/C15H18N3.HI/c1-17(2)14-9-7-13(8-10-14)16-12-15-6-4-5-11-18(15)3;/h4-12H,1-3H3;1H/q+1;/p-1. The Morgan fingerprint density at radius 2 is 1.74 bits per heavy atom. The lowest BCUT2D eigenvalue weighted by atomic mass is 10.2. The zero-order chi connectivity index (χ0) is 13.0. The van der Waals surface area contributed by atoms with Crippen molar-refractivity contribution in [2.45, 2.75) is 0 Å². The Labute approximate surface area is 131 Å². The van der Waals surface area contributed by atoms with E-state index in [1.165, 1.54) is 5.69 Å². The number of aliphatic imine (C=N–C) groups is 1. The summed E-state index contributed by atoms with van der Waals surface area (Å²) in [5.41, 5.74) is 3.22. The van der Waals surface area contributed by atoms with Crippen LogP contribution in [0.2, 0.25) is 0 Å². The summed E-state index contributed by atoms with van der Waals surface area (Å²) < 4.78 is 2.04. The summed E-state index contributed by atoms with van der Waals surface area (Å²) in [6.07, 6.45) is 3.89. The molecule has 0 saturated carbocycles. The van der Waals surface area contributed by atoms with Gasteiger partial charge < -0.3 is 28.9 Å². The van der Waals surface area contributed by atoms with Gasteiger partial charge in [-0.2, -0.15) is 0 Å². The maximum Gasteiger partial charge on any atom is 0.223 e. The monoisotopic (exact) mass is 367 g/mol. The summed E-state index contributed by atoms with van der Waals surface area (Å²) >= 11 is 0. The predicted molar refractivity (Wildman–Crippen MR) is 75.6 cm³/mol. The molecule has 2 rings (SSSR count). The molecule has 0 aliphatic carbocycles. The molecule has 0 N–H and O–H groups in total. The highest BCUT2D eigenvalue weighted by Gasteiger charge is 2.00. The zero-order valence-corrected chi connectivity index (χ0v) is 13.6. The minimum absolute atomic E-state index is 0. The van der Waals surface area contributed by atoms with Crippen LogP contribution in [0.3, 0.4) is 0 Å². The van der Waals surface area contributed by atoms with E-state index in [1.807, 2.05) is 68.5 Å². The van der Waals surface area contributed by atoms with Gasteiger partial charge in [-0.3, -0.25) is 0 Å². The molecular weight excluding hydrogens is 349 g/mol. The van der Waals surface area contributed by atoms with E-state index in [0.717, 1.165) is 11.4 Å². The van der Waals surface area contributed by atoms with Crippen molar-refractivity contribution in [3.63, 3.8) is 0 Å². The molecule has 1 heterocycles. The Hall–Kier alpha value is -1.43. The molecule has 2 aromatic rings. The molecule has 0 radical (unpaired) electrons. The summed E-state index contributed by atoms with van der Waals surface area (Å²) in [6, 6.07) is 14.2. The van der Waals surface area contributed by atoms with Crippen LogP contribution in [-0.4, -0.2) is 20.3 Å². The SMILES string of the molecule is CN(C)c1ccc(N=Cc2cccc[n+]2C)cc1.[I-]. The molecule has 1 aromatic carbocycles. The molecule has 19 heavy (non-hydrogen) atoms. The maximum atomic E-state index is 4.47. The van der Waals surface area contributed by atoms with E-state index in [9.17, 15) is 0 Å². The largest absolute Gasteiger partial charge is 1.00 e. The maximum absolute atomic E-state index is 4.47. The van der Waals surface area contributed by atoms with E-state index in [4.69, 9.17) is 0 Å². The van der Waals surface area contributed by atoms with Crippen molar-refractivity contribution in [2.24, 2.45) is 12.0 Å². The van der Waals surface area contributed by atoms with Gasteiger partial charge in [0.1, 0.15) is 7.05 Å². The second-order valence-electron chi connectivity index (χ2n) is 4.41. The number of nitrogens with zero attached hydrogens (tertiary/aromatic N) is 3. The van der Waals surface area contributed by atoms with Gasteiger partial charge in [-0.05, 0) is 30.3 Å². The van der Waals surface area contributed by atoms with Crippen molar-refractivity contribution in [1.29, 1.82) is 0 Å². The van der Waals surface area contributed by atoms with Gasteiger partial charge in [0.25, 0.3) is 0 Å². The van der Waals surface area contributed by atoms with Crippen molar-refractivity contribution < 1.29 is 28.5 Å². The number of halogens is 1. The number of benzene rings is 1. The lowest BCUT2D eigenvalue weighted by Crippen LogP contribution is -3.00. The van der Waals surface area contributed by atoms with Crippen LogP contribution in [0, 0.1) is 0 Å². The first kappa shape index (κ1) is 15.6. The van der Waals surface area contributed by atoms with Crippen LogP contribution in [0.5, 0.6) is 0 Å². The quantitative estimate of drug-likeness (QED) is 0.400. The van der Waals surface area contributed by atoms with Crippen molar-refractivity contribution >= 4 is 17.6 Å². The highest BCUT2D eigenvalue weighted by Crippen LogP contribution is 2.17. The van der Waals surface area contributed by atoms with Crippen LogP contribution < -0.4 is 33.4 Å². The minimum Gasteiger partial charge on any atom is -1.00 e. The molecule has 0 saturated heterocycles. The number of pyridine rings is 1. The molecule has 100 valence electrons. The van der Waals surface area contributed by atoms with E-state index in [1.54, 1.807) is 0 Å². The van der Waals surface area contributed by atoms with E-state index in [0.29, 0.717) is 0 Å². The molecule has 0 fully saturated rings. The van der Waals surface area contributed by atoms with E-state index in [2.05, 4.69) is 22.0 Å². The number of hydrogen-bond donors (Lipinski definition) is 0. The van der Waals surface area contributed by atoms with Crippen LogP contribution >= 0.6 is 0 Å². The molecule has 0 unspecified atom stereocenters. The van der Waals surface area contributed by atoms with Gasteiger partial charge >= 0.3 is 0 Å². The molecule has 0 amide bonds. The minimum atomic E-state index is 0. The topological polar surface area (TPSA) is 19.5 Å². The number of aryl methyl sites for hydroxylation is 1. The Balaban J connectivity index is 0.00000180. The van der Waals surface area contributed by atoms with Gasteiger partial charge in [0, 0.05) is 31.9 Å². The Bertz CT molecular complexity index is 548. The highest BCUT2D eigenvalue weighted by atomic mass is 127. The Morgan fingerprint density at radius 1 is 1.05 bits per heavy atom. The lowest BCUT2D eigenvalue weighted by Gasteiger charge is -2.11. The van der Waals surface area contributed by atoms with Crippen molar-refractivity contribution in [3.05, 3.63) is 54.4 Å². The molecule has 1 aromatic heterocycles. The van der Waals surface area contributed by atoms with Crippen LogP contribution in [0.15, 0.2) is 53.7 Å². The number of rotatable bonds is 3. The van der Waals surface area contributed by atoms with E-state index < -0.39 is 0 Å². The molecule has 0 aliphatic heterocycles. The molecular formula is C15H18IN3. The molecule has 0 bridgehead atoms. The summed E-state index contributed by atoms with van der Waals surface area (Å²) in [7, 11) is 6.07. The number of aromatic nitrogens is 1. The van der Waals surface area contributed by atoms with Gasteiger partial charge in [0.15, 0.2) is 6.20 Å². The third-order valence-corrected chi connectivity index (χ3v) is 2.81. The predicted octanol–water partition coefficient (Wildman–Crippen LogP) is -0.668. The molecule has 0 aliphatic rings. The van der Waals surface area contributed by atoms with E-state index >= 15 is 0 Å². The molecule has 3 nitrogen and oxygen atoms in total. The summed E-state index contributed by atoms with van der Waals surface area (Å²) in [5, 5.41) is 0. The van der Waals surface area contributed by atoms with Gasteiger partial charge in [-0.1, -0.05) is 0 Å². The average Bonchev–Trinajstić information content (AvgIpc) is 2.38. The highest BCUT2D eigenvalue weighted by molar-refractivity contribution is 5.78. The zero-order valence-electron chi connectivity index (χ0n) is 11.4. The Morgan fingerprint density at radius 3 is 2.32 bits per heavy atom.